The summed E-state index contributed by atoms with van der Waals surface area (Å²) in [6, 6.07) is 0. The lowest BCUT2D eigenvalue weighted by Gasteiger charge is -2.29. The molecule has 0 aromatic heterocycles. The van der Waals surface area contributed by atoms with E-state index in [4.69, 9.17) is 4.74 Å². The maximum absolute atomic E-state index is 12.1. The van der Waals surface area contributed by atoms with E-state index in [0.717, 1.165) is 0 Å². The van der Waals surface area contributed by atoms with Crippen molar-refractivity contribution in [3.05, 3.63) is 0 Å². The molecule has 0 aliphatic carbocycles. The van der Waals surface area contributed by atoms with Crippen LogP contribution in [0.4, 0.5) is 0 Å². The number of hydrogen-bond acceptors (Lipinski definition) is 4. The van der Waals surface area contributed by atoms with Crippen molar-refractivity contribution in [1.82, 2.24) is 0 Å². The van der Waals surface area contributed by atoms with E-state index in [9.17, 15) is 9.59 Å². The average molecular weight is 258 g/mol. The molecule has 4 nitrogen and oxygen atoms in total. The summed E-state index contributed by atoms with van der Waals surface area (Å²) < 4.78 is 10.0. The Morgan fingerprint density at radius 1 is 1.11 bits per heavy atom. The van der Waals surface area contributed by atoms with Gasteiger partial charge in [-0.3, -0.25) is 9.59 Å². The molecule has 0 saturated carbocycles. The number of rotatable bonds is 5. The van der Waals surface area contributed by atoms with Crippen molar-refractivity contribution >= 4 is 11.9 Å². The second kappa shape index (κ2) is 6.76. The van der Waals surface area contributed by atoms with Crippen molar-refractivity contribution in [3.63, 3.8) is 0 Å². The van der Waals surface area contributed by atoms with Crippen LogP contribution in [0.1, 0.15) is 48.0 Å². The highest BCUT2D eigenvalue weighted by Crippen LogP contribution is 2.25. The van der Waals surface area contributed by atoms with Gasteiger partial charge in [0.25, 0.3) is 0 Å². The Morgan fingerprint density at radius 3 is 1.94 bits per heavy atom. The first-order valence-electron chi connectivity index (χ1n) is 6.36. The molecular weight excluding hydrogens is 232 g/mol. The molecule has 0 rings (SSSR count). The summed E-state index contributed by atoms with van der Waals surface area (Å²) in [5, 5.41) is 0. The minimum atomic E-state index is -0.442. The minimum absolute atomic E-state index is 0.0452. The van der Waals surface area contributed by atoms with Gasteiger partial charge in [0.1, 0.15) is 6.10 Å². The van der Waals surface area contributed by atoms with Gasteiger partial charge in [-0.15, -0.1) is 0 Å². The zero-order chi connectivity index (χ0) is 14.5. The van der Waals surface area contributed by atoms with Crippen molar-refractivity contribution in [2.24, 2.45) is 17.3 Å². The Labute approximate surface area is 110 Å². The van der Waals surface area contributed by atoms with Gasteiger partial charge in [0, 0.05) is 0 Å². The van der Waals surface area contributed by atoms with Crippen LogP contribution in [0.2, 0.25) is 0 Å². The molecule has 0 heterocycles. The fraction of sp³-hybridized carbons (Fsp3) is 0.857. The SMILES string of the molecule is COC(=O)CC(C(=O)OC(C)C(C)(C)C)C(C)C. The van der Waals surface area contributed by atoms with Crippen molar-refractivity contribution in [2.45, 2.75) is 54.1 Å². The molecule has 0 N–H and O–H groups in total. The van der Waals surface area contributed by atoms with Gasteiger partial charge in [-0.25, -0.2) is 0 Å². The molecule has 0 aliphatic heterocycles. The zero-order valence-corrected chi connectivity index (χ0v) is 12.6. The summed E-state index contributed by atoms with van der Waals surface area (Å²) in [6.45, 7) is 11.7. The number of methoxy groups -OCH3 is 1. The molecule has 0 radical (unpaired) electrons. The fourth-order valence-corrected chi connectivity index (χ4v) is 1.29. The highest BCUT2D eigenvalue weighted by molar-refractivity contribution is 5.80. The monoisotopic (exact) mass is 258 g/mol. The van der Waals surface area contributed by atoms with Gasteiger partial charge in [0.05, 0.1) is 19.4 Å². The Morgan fingerprint density at radius 2 is 1.61 bits per heavy atom. The van der Waals surface area contributed by atoms with Crippen LogP contribution in [0.25, 0.3) is 0 Å². The van der Waals surface area contributed by atoms with E-state index in [0.29, 0.717) is 0 Å². The Kier molecular flexibility index (Phi) is 6.36. The molecular formula is C14H26O4. The zero-order valence-electron chi connectivity index (χ0n) is 12.6. The molecule has 0 spiro atoms. The first-order valence-corrected chi connectivity index (χ1v) is 6.36. The van der Waals surface area contributed by atoms with Crippen LogP contribution in [0, 0.1) is 17.3 Å². The maximum Gasteiger partial charge on any atom is 0.310 e. The fourth-order valence-electron chi connectivity index (χ4n) is 1.29. The summed E-state index contributed by atoms with van der Waals surface area (Å²) >= 11 is 0. The van der Waals surface area contributed by atoms with Crippen LogP contribution in [-0.4, -0.2) is 25.2 Å². The van der Waals surface area contributed by atoms with Crippen LogP contribution in [0.15, 0.2) is 0 Å². The van der Waals surface area contributed by atoms with E-state index >= 15 is 0 Å². The topological polar surface area (TPSA) is 52.6 Å². The van der Waals surface area contributed by atoms with Crippen LogP contribution < -0.4 is 0 Å². The highest BCUT2D eigenvalue weighted by Gasteiger charge is 2.31. The molecule has 0 aromatic rings. The van der Waals surface area contributed by atoms with E-state index in [1.165, 1.54) is 7.11 Å². The highest BCUT2D eigenvalue weighted by atomic mass is 16.5. The quantitative estimate of drug-likeness (QED) is 0.711. The van der Waals surface area contributed by atoms with Gasteiger partial charge < -0.3 is 9.47 Å². The third kappa shape index (κ3) is 5.52. The van der Waals surface area contributed by atoms with E-state index in [-0.39, 0.29) is 35.8 Å². The van der Waals surface area contributed by atoms with E-state index < -0.39 is 5.92 Å². The standard InChI is InChI=1S/C14H26O4/c1-9(2)11(8-12(15)17-7)13(16)18-10(3)14(4,5)6/h9-11H,8H2,1-7H3. The van der Waals surface area contributed by atoms with Crippen LogP contribution in [0.3, 0.4) is 0 Å². The van der Waals surface area contributed by atoms with Crippen molar-refractivity contribution in [1.29, 1.82) is 0 Å². The molecule has 0 fully saturated rings. The first-order chi connectivity index (χ1) is 8.09. The molecule has 0 bridgehead atoms. The maximum atomic E-state index is 12.1. The van der Waals surface area contributed by atoms with Crippen molar-refractivity contribution in [3.8, 4) is 0 Å². The summed E-state index contributed by atoms with van der Waals surface area (Å²) in [5.41, 5.74) is -0.109. The predicted molar refractivity (Wildman–Crippen MR) is 70.0 cm³/mol. The number of carbonyl (C=O) groups is 2. The lowest BCUT2D eigenvalue weighted by atomic mass is 9.89. The number of hydrogen-bond donors (Lipinski definition) is 0. The van der Waals surface area contributed by atoms with Gasteiger partial charge >= 0.3 is 11.9 Å². The molecule has 18 heavy (non-hydrogen) atoms. The number of esters is 2. The van der Waals surface area contributed by atoms with Crippen molar-refractivity contribution < 1.29 is 19.1 Å². The lowest BCUT2D eigenvalue weighted by Crippen LogP contribution is -2.34. The number of ether oxygens (including phenoxy) is 2. The van der Waals surface area contributed by atoms with E-state index in [1.807, 2.05) is 41.5 Å². The summed E-state index contributed by atoms with van der Waals surface area (Å²) in [6.07, 6.45) is -0.118. The van der Waals surface area contributed by atoms with Gasteiger partial charge in [0.15, 0.2) is 0 Å². The summed E-state index contributed by atoms with van der Waals surface area (Å²) in [7, 11) is 1.32. The Balaban J connectivity index is 4.64. The Hall–Kier alpha value is -1.06. The second-order valence-electron chi connectivity index (χ2n) is 6.08. The third-order valence-corrected chi connectivity index (χ3v) is 3.23. The molecule has 4 heteroatoms. The molecule has 106 valence electrons. The smallest absolute Gasteiger partial charge is 0.310 e. The van der Waals surface area contributed by atoms with E-state index in [2.05, 4.69) is 4.74 Å². The van der Waals surface area contributed by atoms with Gasteiger partial charge in [-0.05, 0) is 18.3 Å². The molecule has 2 atom stereocenters. The van der Waals surface area contributed by atoms with Crippen molar-refractivity contribution in [2.75, 3.05) is 7.11 Å². The third-order valence-electron chi connectivity index (χ3n) is 3.23. The predicted octanol–water partition coefficient (Wildman–Crippen LogP) is 2.80. The molecule has 0 aromatic carbocycles. The largest absolute Gasteiger partial charge is 0.469 e. The lowest BCUT2D eigenvalue weighted by molar-refractivity contribution is -0.163. The average Bonchev–Trinajstić information content (AvgIpc) is 2.23. The molecule has 0 saturated heterocycles. The molecule has 2 unspecified atom stereocenters. The van der Waals surface area contributed by atoms with Crippen LogP contribution in [-0.2, 0) is 19.1 Å². The second-order valence-corrected chi connectivity index (χ2v) is 6.08. The number of carbonyl (C=O) groups excluding carboxylic acids is 2. The Bertz CT molecular complexity index is 289. The van der Waals surface area contributed by atoms with Crippen LogP contribution in [0.5, 0.6) is 0 Å². The van der Waals surface area contributed by atoms with Gasteiger partial charge in [-0.2, -0.15) is 0 Å². The van der Waals surface area contributed by atoms with Gasteiger partial charge in [0.2, 0.25) is 0 Å². The van der Waals surface area contributed by atoms with E-state index in [1.54, 1.807) is 0 Å². The summed E-state index contributed by atoms with van der Waals surface area (Å²) in [5.74, 6) is -1.10. The van der Waals surface area contributed by atoms with Crippen LogP contribution >= 0.6 is 0 Å². The normalized spacial score (nSPS) is 15.1. The van der Waals surface area contributed by atoms with Gasteiger partial charge in [-0.1, -0.05) is 34.6 Å². The minimum Gasteiger partial charge on any atom is -0.469 e. The first kappa shape index (κ1) is 16.9. The molecule has 0 aliphatic rings. The molecule has 0 amide bonds. The summed E-state index contributed by atoms with van der Waals surface area (Å²) in [4.78, 5) is 23.3.